The van der Waals surface area contributed by atoms with E-state index in [4.69, 9.17) is 25.2 Å². The molecule has 4 aliphatic rings. The number of rotatable bonds is 6. The maximum absolute atomic E-state index is 15.7. The number of fused-ring (bicyclic) bond motifs is 3. The van der Waals surface area contributed by atoms with E-state index in [0.717, 1.165) is 31.1 Å². The summed E-state index contributed by atoms with van der Waals surface area (Å²) in [5.74, 6) is 3.87. The van der Waals surface area contributed by atoms with E-state index < -0.39 is 46.0 Å². The number of hydrogen-bond donors (Lipinski definition) is 1. The van der Waals surface area contributed by atoms with E-state index in [0.29, 0.717) is 73.7 Å². The number of benzene rings is 1. The summed E-state index contributed by atoms with van der Waals surface area (Å²) in [6.45, 7) is 4.01. The van der Waals surface area contributed by atoms with Crippen molar-refractivity contribution >= 4 is 17.4 Å². The number of hydrogen-bond acceptors (Lipinski definition) is 9. The molecule has 3 aromatic rings. The number of nitrogen functional groups attached to an aromatic ring is 1. The van der Waals surface area contributed by atoms with Gasteiger partial charge in [0.05, 0.1) is 53.8 Å². The Balaban J connectivity index is 1.28. The average Bonchev–Trinajstić information content (AvgIpc) is 3.75. The summed E-state index contributed by atoms with van der Waals surface area (Å²) in [5, 5.41) is 4.52. The number of carbonyl (C=O) groups excluding carboxylic acids is 1. The molecule has 2 N–H and O–H groups in total. The number of aryl methyl sites for hydroxylation is 1. The molecule has 0 saturated carbocycles. The first kappa shape index (κ1) is 35.6. The Labute approximate surface area is 297 Å². The van der Waals surface area contributed by atoms with Crippen LogP contribution >= 0.6 is 0 Å². The lowest BCUT2D eigenvalue weighted by Crippen LogP contribution is -2.43. The minimum atomic E-state index is -4.96. The molecule has 0 bridgehead atoms. The zero-order chi connectivity index (χ0) is 36.9. The molecule has 0 radical (unpaired) electrons. The van der Waals surface area contributed by atoms with Crippen molar-refractivity contribution < 1.29 is 36.2 Å². The van der Waals surface area contributed by atoms with Crippen molar-refractivity contribution in [1.82, 2.24) is 29.5 Å². The van der Waals surface area contributed by atoms with Crippen LogP contribution < -0.4 is 15.4 Å². The summed E-state index contributed by atoms with van der Waals surface area (Å²) < 4.78 is 87.2. The lowest BCUT2D eigenvalue weighted by molar-refractivity contribution is -0.140. The highest BCUT2D eigenvalue weighted by atomic mass is 19.4. The molecule has 52 heavy (non-hydrogen) atoms. The Morgan fingerprint density at radius 1 is 1.19 bits per heavy atom. The third kappa shape index (κ3) is 6.44. The van der Waals surface area contributed by atoms with E-state index in [1.807, 2.05) is 4.90 Å². The van der Waals surface area contributed by atoms with Gasteiger partial charge in [-0.3, -0.25) is 14.4 Å². The van der Waals surface area contributed by atoms with Crippen LogP contribution in [0.15, 0.2) is 24.0 Å². The van der Waals surface area contributed by atoms with Gasteiger partial charge in [-0.2, -0.15) is 28.2 Å². The molecule has 1 unspecified atom stereocenters. The summed E-state index contributed by atoms with van der Waals surface area (Å²) >= 11 is 0. The number of alkyl halides is 3. The quantitative estimate of drug-likeness (QED) is 0.209. The fourth-order valence-electron chi connectivity index (χ4n) is 7.91. The Morgan fingerprint density at radius 2 is 2.00 bits per heavy atom. The van der Waals surface area contributed by atoms with Crippen molar-refractivity contribution in [2.45, 2.75) is 76.5 Å². The van der Waals surface area contributed by atoms with Crippen LogP contribution in [0.3, 0.4) is 0 Å². The van der Waals surface area contributed by atoms with Crippen molar-refractivity contribution in [3.05, 3.63) is 69.2 Å². The molecule has 2 aromatic heterocycles. The highest BCUT2D eigenvalue weighted by molar-refractivity contribution is 5.92. The van der Waals surface area contributed by atoms with Crippen molar-refractivity contribution in [3.63, 3.8) is 0 Å². The van der Waals surface area contributed by atoms with Crippen LogP contribution in [-0.2, 0) is 37.0 Å². The van der Waals surface area contributed by atoms with Crippen molar-refractivity contribution in [2.24, 2.45) is 0 Å². The van der Waals surface area contributed by atoms with Gasteiger partial charge in [-0.25, -0.2) is 8.78 Å². The van der Waals surface area contributed by atoms with E-state index in [9.17, 15) is 22.4 Å². The number of carbonyl (C=O) groups is 1. The smallest absolute Gasteiger partial charge is 0.418 e. The molecule has 11 nitrogen and oxygen atoms in total. The first-order valence-electron chi connectivity index (χ1n) is 17.1. The van der Waals surface area contributed by atoms with Gasteiger partial charge in [-0.15, -0.1) is 5.92 Å². The maximum atomic E-state index is 15.7. The number of aromatic nitrogens is 4. The molecule has 7 rings (SSSR count). The summed E-state index contributed by atoms with van der Waals surface area (Å²) in [6, 6.07) is 2.62. The number of halogens is 5. The molecule has 6 heterocycles. The van der Waals surface area contributed by atoms with Crippen LogP contribution in [0, 0.1) is 17.7 Å². The monoisotopic (exact) mass is 726 g/mol. The SMILES string of the molecule is CC#Cc1cc(N)c(F)c(C2Cc3nc(OC[C@@]45CCCN4C/C(=C\F)C5)nc(N4CCCn5nc(C(=O)N(C)C)cc5C4)c3CO2)c1C(F)(F)F. The first-order valence-corrected chi connectivity index (χ1v) is 17.1. The van der Waals surface area contributed by atoms with Gasteiger partial charge in [-0.1, -0.05) is 5.92 Å². The van der Waals surface area contributed by atoms with Gasteiger partial charge < -0.3 is 25.0 Å². The third-order valence-corrected chi connectivity index (χ3v) is 10.3. The van der Waals surface area contributed by atoms with Gasteiger partial charge in [0.25, 0.3) is 5.91 Å². The van der Waals surface area contributed by atoms with Gasteiger partial charge in [0, 0.05) is 56.8 Å². The van der Waals surface area contributed by atoms with Crippen molar-refractivity contribution in [1.29, 1.82) is 0 Å². The van der Waals surface area contributed by atoms with Gasteiger partial charge in [0.1, 0.15) is 12.4 Å². The van der Waals surface area contributed by atoms with Crippen LogP contribution in [0.1, 0.15) is 82.8 Å². The number of nitrogens with zero attached hydrogens (tertiary/aromatic N) is 7. The molecular formula is C36H39F5N8O3. The lowest BCUT2D eigenvalue weighted by Gasteiger charge is -2.33. The van der Waals surface area contributed by atoms with Crippen LogP contribution in [-0.4, -0.2) is 81.3 Å². The molecule has 2 atom stereocenters. The Hall–Kier alpha value is -4.75. The molecule has 2 saturated heterocycles. The minimum absolute atomic E-state index is 0.00355. The fraction of sp³-hybridized carbons (Fsp3) is 0.500. The number of anilines is 2. The molecule has 1 aromatic carbocycles. The maximum Gasteiger partial charge on any atom is 0.418 e. The van der Waals surface area contributed by atoms with E-state index >= 15 is 4.39 Å². The van der Waals surface area contributed by atoms with Gasteiger partial charge in [0.2, 0.25) is 0 Å². The number of ether oxygens (including phenoxy) is 2. The zero-order valence-corrected chi connectivity index (χ0v) is 29.1. The molecule has 276 valence electrons. The lowest BCUT2D eigenvalue weighted by atomic mass is 9.91. The normalized spacial score (nSPS) is 22.3. The third-order valence-electron chi connectivity index (χ3n) is 10.3. The van der Waals surface area contributed by atoms with Crippen LogP contribution in [0.2, 0.25) is 0 Å². The predicted octanol–water partition coefficient (Wildman–Crippen LogP) is 5.18. The Morgan fingerprint density at radius 3 is 2.73 bits per heavy atom. The largest absolute Gasteiger partial charge is 0.461 e. The Kier molecular flexibility index (Phi) is 9.37. The van der Waals surface area contributed by atoms with Gasteiger partial charge in [0.15, 0.2) is 11.5 Å². The molecule has 2 fully saturated rings. The summed E-state index contributed by atoms with van der Waals surface area (Å²) in [4.78, 5) is 27.9. The standard InChI is InChI=1S/C36H39F5N8O3/c1-4-7-22-12-25(42)31(38)29(30(22)36(39,40)41)28-14-26-24(19-51-28)32(47-9-6-11-49-23(18-47)13-27(45-49)33(50)46(2)3)44-34(43-26)52-20-35-8-5-10-48(35)17-21(15-35)16-37/h12-13,16,28H,5-6,8-11,14-15,17-20,42H2,1-3H3/b21-16-/t28?,35-/m0/s1. The second-order valence-electron chi connectivity index (χ2n) is 13.9. The second kappa shape index (κ2) is 13.7. The first-order chi connectivity index (χ1) is 24.8. The van der Waals surface area contributed by atoms with Crippen molar-refractivity contribution in [3.8, 4) is 17.9 Å². The summed E-state index contributed by atoms with van der Waals surface area (Å²) in [7, 11) is 3.30. The van der Waals surface area contributed by atoms with Crippen LogP contribution in [0.25, 0.3) is 0 Å². The molecule has 0 spiro atoms. The topological polar surface area (TPSA) is 115 Å². The van der Waals surface area contributed by atoms with E-state index in [-0.39, 0.29) is 31.6 Å². The minimum Gasteiger partial charge on any atom is -0.461 e. The summed E-state index contributed by atoms with van der Waals surface area (Å²) in [5.41, 5.74) is 5.17. The predicted molar refractivity (Wildman–Crippen MR) is 180 cm³/mol. The van der Waals surface area contributed by atoms with Crippen LogP contribution in [0.4, 0.5) is 33.5 Å². The number of amides is 1. The molecule has 1 amide bonds. The molecular weight excluding hydrogens is 687 g/mol. The van der Waals surface area contributed by atoms with Crippen LogP contribution in [0.5, 0.6) is 6.01 Å². The average molecular weight is 727 g/mol. The number of nitrogens with two attached hydrogens (primary N) is 1. The zero-order valence-electron chi connectivity index (χ0n) is 29.1. The second-order valence-corrected chi connectivity index (χ2v) is 13.9. The van der Waals surface area contributed by atoms with Gasteiger partial charge >= 0.3 is 12.2 Å². The van der Waals surface area contributed by atoms with E-state index in [1.54, 1.807) is 24.8 Å². The van der Waals surface area contributed by atoms with Crippen molar-refractivity contribution in [2.75, 3.05) is 51.0 Å². The molecule has 4 aliphatic heterocycles. The highest BCUT2D eigenvalue weighted by Gasteiger charge is 2.47. The van der Waals surface area contributed by atoms with Gasteiger partial charge in [-0.05, 0) is 56.9 Å². The highest BCUT2D eigenvalue weighted by Crippen LogP contribution is 2.45. The van der Waals surface area contributed by atoms with E-state index in [2.05, 4.69) is 21.8 Å². The molecule has 0 aliphatic carbocycles. The fourth-order valence-corrected chi connectivity index (χ4v) is 7.91. The van der Waals surface area contributed by atoms with E-state index in [1.165, 1.54) is 11.8 Å². The molecule has 16 heteroatoms. The Bertz CT molecular complexity index is 2000. The summed E-state index contributed by atoms with van der Waals surface area (Å²) in [6.07, 6.45) is -3.08.